The number of furan rings is 1. The molecule has 0 unspecified atom stereocenters. The molecule has 0 spiro atoms. The van der Waals surface area contributed by atoms with Crippen LogP contribution in [0.15, 0.2) is 217 Å². The van der Waals surface area contributed by atoms with Crippen molar-refractivity contribution in [1.82, 2.24) is 0 Å². The molecule has 11 aromatic rings. The number of anilines is 3. The van der Waals surface area contributed by atoms with Crippen LogP contribution in [-0.2, 0) is 0 Å². The fourth-order valence-electron chi connectivity index (χ4n) is 8.51. The van der Waals surface area contributed by atoms with Gasteiger partial charge in [-0.15, -0.1) is 0 Å². The van der Waals surface area contributed by atoms with E-state index in [0.29, 0.717) is 0 Å². The van der Waals surface area contributed by atoms with E-state index in [2.05, 4.69) is 205 Å². The van der Waals surface area contributed by atoms with Crippen molar-refractivity contribution in [3.05, 3.63) is 212 Å². The number of rotatable bonds is 6. The summed E-state index contributed by atoms with van der Waals surface area (Å²) >= 11 is 0. The molecule has 0 fully saturated rings. The van der Waals surface area contributed by atoms with Crippen LogP contribution in [0.5, 0.6) is 0 Å². The van der Waals surface area contributed by atoms with E-state index < -0.39 is 0 Å². The highest BCUT2D eigenvalue weighted by atomic mass is 16.3. The fraction of sp³-hybridized carbons (Fsp3) is 0. The van der Waals surface area contributed by atoms with Crippen molar-refractivity contribution in [3.63, 3.8) is 0 Å². The Hall–Kier alpha value is -7.42. The van der Waals surface area contributed by atoms with Crippen LogP contribution in [0.2, 0.25) is 0 Å². The summed E-state index contributed by atoms with van der Waals surface area (Å²) in [4.78, 5) is 2.37. The lowest BCUT2D eigenvalue weighted by Gasteiger charge is -2.27. The monoisotopic (exact) mass is 713 g/mol. The van der Waals surface area contributed by atoms with Gasteiger partial charge < -0.3 is 9.32 Å². The van der Waals surface area contributed by atoms with E-state index >= 15 is 0 Å². The maximum Gasteiger partial charge on any atom is 0.143 e. The van der Waals surface area contributed by atoms with Crippen LogP contribution in [0.4, 0.5) is 17.1 Å². The first-order valence-corrected chi connectivity index (χ1v) is 19.2. The van der Waals surface area contributed by atoms with Gasteiger partial charge in [0, 0.05) is 33.4 Å². The minimum absolute atomic E-state index is 0.901. The summed E-state index contributed by atoms with van der Waals surface area (Å²) in [6.45, 7) is 0. The molecule has 0 atom stereocenters. The Morgan fingerprint density at radius 2 is 0.875 bits per heavy atom. The molecule has 56 heavy (non-hydrogen) atoms. The van der Waals surface area contributed by atoms with Crippen LogP contribution in [-0.4, -0.2) is 0 Å². The molecule has 0 aliphatic carbocycles. The molecule has 10 aromatic carbocycles. The molecule has 0 saturated heterocycles. The summed E-state index contributed by atoms with van der Waals surface area (Å²) in [5, 5.41) is 9.79. The molecule has 1 heterocycles. The molecule has 0 N–H and O–H groups in total. The Morgan fingerprint density at radius 3 is 1.71 bits per heavy atom. The second-order valence-electron chi connectivity index (χ2n) is 14.5. The molecular formula is C54H35NO. The SMILES string of the molecule is c1cc(-c2ccc3ccccc3c2)cc(N(c2ccc(-c3cccc4c3ccc3ccccc34)cc2)c2cccc(-c3cccc4c3oc3ccccc34)c2)c1. The fourth-order valence-corrected chi connectivity index (χ4v) is 8.51. The first kappa shape index (κ1) is 32.0. The highest BCUT2D eigenvalue weighted by molar-refractivity contribution is 6.12. The van der Waals surface area contributed by atoms with Gasteiger partial charge in [-0.05, 0) is 109 Å². The van der Waals surface area contributed by atoms with Crippen molar-refractivity contribution in [2.45, 2.75) is 0 Å². The molecule has 2 nitrogen and oxygen atoms in total. The van der Waals surface area contributed by atoms with Gasteiger partial charge in [0.25, 0.3) is 0 Å². The highest BCUT2D eigenvalue weighted by Gasteiger charge is 2.18. The summed E-state index contributed by atoms with van der Waals surface area (Å²) < 4.78 is 6.50. The van der Waals surface area contributed by atoms with Crippen LogP contribution >= 0.6 is 0 Å². The van der Waals surface area contributed by atoms with Gasteiger partial charge >= 0.3 is 0 Å². The Bertz CT molecular complexity index is 3260. The molecule has 0 aliphatic heterocycles. The predicted octanol–water partition coefficient (Wildman–Crippen LogP) is 15.5. The van der Waals surface area contributed by atoms with E-state index in [0.717, 1.165) is 50.1 Å². The van der Waals surface area contributed by atoms with Crippen molar-refractivity contribution in [2.75, 3.05) is 4.90 Å². The van der Waals surface area contributed by atoms with Gasteiger partial charge in [0.05, 0.1) is 0 Å². The lowest BCUT2D eigenvalue weighted by atomic mass is 9.94. The number of benzene rings is 10. The van der Waals surface area contributed by atoms with E-state index in [1.54, 1.807) is 0 Å². The average molecular weight is 714 g/mol. The van der Waals surface area contributed by atoms with E-state index in [9.17, 15) is 0 Å². The summed E-state index contributed by atoms with van der Waals surface area (Å²) in [5.74, 6) is 0. The van der Waals surface area contributed by atoms with Gasteiger partial charge in [-0.2, -0.15) is 0 Å². The number of hydrogen-bond donors (Lipinski definition) is 0. The normalized spacial score (nSPS) is 11.6. The van der Waals surface area contributed by atoms with Gasteiger partial charge in [0.15, 0.2) is 0 Å². The number of nitrogens with zero attached hydrogens (tertiary/aromatic N) is 1. The molecule has 0 bridgehead atoms. The van der Waals surface area contributed by atoms with Crippen molar-refractivity contribution < 1.29 is 4.42 Å². The Morgan fingerprint density at radius 1 is 0.286 bits per heavy atom. The van der Waals surface area contributed by atoms with Gasteiger partial charge in [0.2, 0.25) is 0 Å². The quantitative estimate of drug-likeness (QED) is 0.160. The van der Waals surface area contributed by atoms with Crippen LogP contribution < -0.4 is 4.90 Å². The number of fused-ring (bicyclic) bond motifs is 7. The smallest absolute Gasteiger partial charge is 0.143 e. The molecule has 2 heteroatoms. The molecule has 0 aliphatic rings. The number of para-hydroxylation sites is 2. The van der Waals surface area contributed by atoms with Crippen LogP contribution in [0.3, 0.4) is 0 Å². The maximum absolute atomic E-state index is 6.50. The third kappa shape index (κ3) is 5.42. The highest BCUT2D eigenvalue weighted by Crippen LogP contribution is 2.42. The van der Waals surface area contributed by atoms with E-state index in [1.807, 2.05) is 12.1 Å². The zero-order chi connectivity index (χ0) is 37.0. The first-order chi connectivity index (χ1) is 27.7. The molecule has 0 radical (unpaired) electrons. The van der Waals surface area contributed by atoms with Crippen molar-refractivity contribution >= 4 is 71.3 Å². The zero-order valence-corrected chi connectivity index (χ0v) is 30.6. The third-order valence-corrected chi connectivity index (χ3v) is 11.2. The second-order valence-corrected chi connectivity index (χ2v) is 14.5. The van der Waals surface area contributed by atoms with Crippen molar-refractivity contribution in [1.29, 1.82) is 0 Å². The molecule has 262 valence electrons. The van der Waals surface area contributed by atoms with Crippen LogP contribution in [0.1, 0.15) is 0 Å². The molecule has 0 saturated carbocycles. The summed E-state index contributed by atoms with van der Waals surface area (Å²) in [6, 6.07) is 76.5. The van der Waals surface area contributed by atoms with Gasteiger partial charge in [0.1, 0.15) is 11.2 Å². The minimum Gasteiger partial charge on any atom is -0.455 e. The molecule has 1 aromatic heterocycles. The lowest BCUT2D eigenvalue weighted by molar-refractivity contribution is 0.670. The van der Waals surface area contributed by atoms with E-state index in [1.165, 1.54) is 54.6 Å². The second kappa shape index (κ2) is 13.2. The average Bonchev–Trinajstić information content (AvgIpc) is 3.66. The molecule has 0 amide bonds. The standard InChI is InChI=1S/C54H35NO/c1-2-13-39-33-41(26-25-36(39)11-1)40-14-7-16-44(34-40)55(45-17-8-15-42(35-45)48-21-10-23-52-51-19-5-6-24-53(51)56-54(48)52)43-30-27-38(28-31-43)47-20-9-22-49-46-18-4-3-12-37(46)29-32-50(47)49/h1-35H. The Labute approximate surface area is 325 Å². The maximum atomic E-state index is 6.50. The summed E-state index contributed by atoms with van der Waals surface area (Å²) in [5.41, 5.74) is 12.0. The number of hydrogen-bond acceptors (Lipinski definition) is 2. The third-order valence-electron chi connectivity index (χ3n) is 11.2. The van der Waals surface area contributed by atoms with Crippen molar-refractivity contribution in [2.24, 2.45) is 0 Å². The first-order valence-electron chi connectivity index (χ1n) is 19.2. The van der Waals surface area contributed by atoms with E-state index in [-0.39, 0.29) is 0 Å². The van der Waals surface area contributed by atoms with Gasteiger partial charge in [-0.25, -0.2) is 0 Å². The summed E-state index contributed by atoms with van der Waals surface area (Å²) in [7, 11) is 0. The lowest BCUT2D eigenvalue weighted by Crippen LogP contribution is -2.10. The predicted molar refractivity (Wildman–Crippen MR) is 237 cm³/mol. The Balaban J connectivity index is 1.05. The van der Waals surface area contributed by atoms with Gasteiger partial charge in [-0.3, -0.25) is 0 Å². The van der Waals surface area contributed by atoms with E-state index in [4.69, 9.17) is 4.42 Å². The molecule has 11 rings (SSSR count). The topological polar surface area (TPSA) is 16.4 Å². The van der Waals surface area contributed by atoms with Crippen LogP contribution in [0.25, 0.3) is 87.6 Å². The molecular weight excluding hydrogens is 679 g/mol. The largest absolute Gasteiger partial charge is 0.455 e. The van der Waals surface area contributed by atoms with Gasteiger partial charge in [-0.1, -0.05) is 164 Å². The summed E-state index contributed by atoms with van der Waals surface area (Å²) in [6.07, 6.45) is 0. The van der Waals surface area contributed by atoms with Crippen molar-refractivity contribution in [3.8, 4) is 33.4 Å². The Kier molecular flexibility index (Phi) is 7.53. The van der Waals surface area contributed by atoms with Crippen LogP contribution in [0, 0.1) is 0 Å². The minimum atomic E-state index is 0.901. The zero-order valence-electron chi connectivity index (χ0n) is 30.6.